The van der Waals surface area contributed by atoms with Crippen molar-refractivity contribution in [2.24, 2.45) is 0 Å². The van der Waals surface area contributed by atoms with E-state index in [1.165, 1.54) is 0 Å². The minimum Gasteiger partial charge on any atom is -0.268 e. The van der Waals surface area contributed by atoms with Gasteiger partial charge in [0.15, 0.2) is 0 Å². The zero-order valence-electron chi connectivity index (χ0n) is 15.5. The summed E-state index contributed by atoms with van der Waals surface area (Å²) in [5, 5.41) is 10.5. The van der Waals surface area contributed by atoms with Crippen molar-refractivity contribution in [3.63, 3.8) is 0 Å². The number of nitrogens with zero attached hydrogens (tertiary/aromatic N) is 4. The number of fused-ring (bicyclic) bond motifs is 1. The topological polar surface area (TPSA) is 52.2 Å². The van der Waals surface area contributed by atoms with E-state index in [1.807, 2.05) is 59.2 Å². The van der Waals surface area contributed by atoms with Crippen LogP contribution in [0.4, 0.5) is 0 Å². The number of halogens is 1. The van der Waals surface area contributed by atoms with Crippen molar-refractivity contribution < 1.29 is 0 Å². The second kappa shape index (κ2) is 8.52. The largest absolute Gasteiger partial charge is 0.268 e. The first kappa shape index (κ1) is 18.6. The first-order valence-corrected chi connectivity index (χ1v) is 10.6. The minimum atomic E-state index is -0.0691. The highest BCUT2D eigenvalue weighted by atomic mass is 79.9. The Morgan fingerprint density at radius 2 is 1.68 bits per heavy atom. The molecule has 0 aliphatic rings. The molecule has 0 aliphatic heterocycles. The monoisotopic (exact) mass is 436 g/mol. The van der Waals surface area contributed by atoms with Crippen molar-refractivity contribution in [2.45, 2.75) is 25.8 Å². The molecule has 0 bridgehead atoms. The van der Waals surface area contributed by atoms with Crippen LogP contribution in [0.1, 0.15) is 19.3 Å². The molecular weight excluding hydrogens is 416 g/mol. The summed E-state index contributed by atoms with van der Waals surface area (Å²) >= 11 is 3.45. The molecule has 4 aromatic rings. The predicted octanol–water partition coefficient (Wildman–Crippen LogP) is 4.79. The van der Waals surface area contributed by atoms with Crippen LogP contribution in [0.2, 0.25) is 0 Å². The highest BCUT2D eigenvalue weighted by molar-refractivity contribution is 9.09. The van der Waals surface area contributed by atoms with E-state index in [2.05, 4.69) is 21.0 Å². The van der Waals surface area contributed by atoms with Gasteiger partial charge in [0, 0.05) is 29.7 Å². The lowest BCUT2D eigenvalue weighted by atomic mass is 10.0. The van der Waals surface area contributed by atoms with Gasteiger partial charge < -0.3 is 0 Å². The summed E-state index contributed by atoms with van der Waals surface area (Å²) in [5.74, 6) is 0. The van der Waals surface area contributed by atoms with Gasteiger partial charge >= 0.3 is 0 Å². The number of alkyl halides is 1. The molecule has 0 spiro atoms. The standard InChI is InChI=1S/C22H21BrN4O/c23-14-6-2-7-16-27-20(28)13-12-18(24-27)21-19-11-5-8-15-26(19)25-22(21)17-9-3-1-4-10-17/h1,3-5,8-13,15H,2,6-7,14,16H2. The van der Waals surface area contributed by atoms with Crippen LogP contribution in [0.5, 0.6) is 0 Å². The Kier molecular flexibility index (Phi) is 5.67. The molecule has 0 aliphatic carbocycles. The number of benzene rings is 1. The van der Waals surface area contributed by atoms with Gasteiger partial charge in [-0.25, -0.2) is 9.20 Å². The van der Waals surface area contributed by atoms with Gasteiger partial charge in [-0.3, -0.25) is 4.79 Å². The number of aryl methyl sites for hydroxylation is 1. The Morgan fingerprint density at radius 3 is 2.50 bits per heavy atom. The van der Waals surface area contributed by atoms with Crippen LogP contribution < -0.4 is 5.56 Å². The molecule has 142 valence electrons. The normalized spacial score (nSPS) is 11.2. The third kappa shape index (κ3) is 3.78. The van der Waals surface area contributed by atoms with Crippen LogP contribution >= 0.6 is 15.9 Å². The number of hydrogen-bond donors (Lipinski definition) is 0. The van der Waals surface area contributed by atoms with Crippen molar-refractivity contribution in [3.8, 4) is 22.5 Å². The fraction of sp³-hybridized carbons (Fsp3) is 0.227. The van der Waals surface area contributed by atoms with E-state index in [4.69, 9.17) is 5.10 Å². The summed E-state index contributed by atoms with van der Waals surface area (Å²) in [4.78, 5) is 12.3. The van der Waals surface area contributed by atoms with E-state index in [0.29, 0.717) is 6.54 Å². The molecule has 0 saturated carbocycles. The summed E-state index contributed by atoms with van der Waals surface area (Å²) in [6.07, 6.45) is 5.03. The summed E-state index contributed by atoms with van der Waals surface area (Å²) < 4.78 is 3.44. The second-order valence-electron chi connectivity index (χ2n) is 6.65. The molecule has 0 atom stereocenters. The van der Waals surface area contributed by atoms with Crippen molar-refractivity contribution in [3.05, 3.63) is 77.2 Å². The molecular formula is C22H21BrN4O. The average Bonchev–Trinajstić information content (AvgIpc) is 3.13. The zero-order chi connectivity index (χ0) is 19.3. The SMILES string of the molecule is O=c1ccc(-c2c(-c3ccccc3)nn3ccccc23)nn1CCCCCBr. The van der Waals surface area contributed by atoms with E-state index in [0.717, 1.165) is 52.6 Å². The third-order valence-corrected chi connectivity index (χ3v) is 5.27. The van der Waals surface area contributed by atoms with Crippen molar-refractivity contribution in [2.75, 3.05) is 5.33 Å². The Morgan fingerprint density at radius 1 is 0.857 bits per heavy atom. The lowest BCUT2D eigenvalue weighted by molar-refractivity contribution is 0.532. The van der Waals surface area contributed by atoms with Gasteiger partial charge in [0.25, 0.3) is 5.56 Å². The van der Waals surface area contributed by atoms with E-state index < -0.39 is 0 Å². The third-order valence-electron chi connectivity index (χ3n) is 4.71. The number of aromatic nitrogens is 4. The molecule has 3 aromatic heterocycles. The van der Waals surface area contributed by atoms with Gasteiger partial charge in [-0.1, -0.05) is 58.7 Å². The van der Waals surface area contributed by atoms with Gasteiger partial charge in [0.1, 0.15) is 5.69 Å². The predicted molar refractivity (Wildman–Crippen MR) is 116 cm³/mol. The quantitative estimate of drug-likeness (QED) is 0.309. The van der Waals surface area contributed by atoms with E-state index in [9.17, 15) is 4.79 Å². The van der Waals surface area contributed by atoms with Gasteiger partial charge in [-0.2, -0.15) is 10.2 Å². The molecule has 6 heteroatoms. The molecule has 28 heavy (non-hydrogen) atoms. The molecule has 1 aromatic carbocycles. The molecule has 0 saturated heterocycles. The van der Waals surface area contributed by atoms with Crippen LogP contribution in [0.15, 0.2) is 71.7 Å². The van der Waals surface area contributed by atoms with E-state index in [-0.39, 0.29) is 5.56 Å². The number of hydrogen-bond acceptors (Lipinski definition) is 3. The Hall–Kier alpha value is -2.73. The maximum Gasteiger partial charge on any atom is 0.266 e. The highest BCUT2D eigenvalue weighted by Crippen LogP contribution is 2.33. The number of unbranched alkanes of at least 4 members (excludes halogenated alkanes) is 2. The molecule has 5 nitrogen and oxygen atoms in total. The maximum atomic E-state index is 12.3. The molecule has 3 heterocycles. The van der Waals surface area contributed by atoms with Crippen molar-refractivity contribution in [1.29, 1.82) is 0 Å². The molecule has 4 rings (SSSR count). The Bertz CT molecular complexity index is 1130. The van der Waals surface area contributed by atoms with Crippen LogP contribution in [-0.2, 0) is 6.54 Å². The highest BCUT2D eigenvalue weighted by Gasteiger charge is 2.18. The lowest BCUT2D eigenvalue weighted by Crippen LogP contribution is -2.22. The molecule has 0 radical (unpaired) electrons. The molecule has 0 unspecified atom stereocenters. The number of pyridine rings is 1. The maximum absolute atomic E-state index is 12.3. The van der Waals surface area contributed by atoms with Crippen LogP contribution in [0, 0.1) is 0 Å². The van der Waals surface area contributed by atoms with Gasteiger partial charge in [-0.15, -0.1) is 0 Å². The van der Waals surface area contributed by atoms with Crippen molar-refractivity contribution >= 4 is 21.4 Å². The van der Waals surface area contributed by atoms with Gasteiger partial charge in [0.2, 0.25) is 0 Å². The van der Waals surface area contributed by atoms with Gasteiger partial charge in [-0.05, 0) is 31.0 Å². The van der Waals surface area contributed by atoms with E-state index in [1.54, 1.807) is 16.8 Å². The second-order valence-corrected chi connectivity index (χ2v) is 7.44. The fourth-order valence-corrected chi connectivity index (χ4v) is 3.72. The fourth-order valence-electron chi connectivity index (χ4n) is 3.32. The number of rotatable bonds is 7. The lowest BCUT2D eigenvalue weighted by Gasteiger charge is -2.08. The molecule has 0 fully saturated rings. The van der Waals surface area contributed by atoms with Crippen LogP contribution in [0.3, 0.4) is 0 Å². The van der Waals surface area contributed by atoms with Crippen LogP contribution in [-0.4, -0.2) is 24.7 Å². The van der Waals surface area contributed by atoms with Gasteiger partial charge in [0.05, 0.1) is 16.8 Å². The molecule has 0 amide bonds. The average molecular weight is 437 g/mol. The van der Waals surface area contributed by atoms with Crippen molar-refractivity contribution in [1.82, 2.24) is 19.4 Å². The summed E-state index contributed by atoms with van der Waals surface area (Å²) in [5.41, 5.74) is 4.50. The van der Waals surface area contributed by atoms with Crippen LogP contribution in [0.25, 0.3) is 28.0 Å². The Balaban J connectivity index is 1.81. The minimum absolute atomic E-state index is 0.0691. The first-order chi connectivity index (χ1) is 13.8. The summed E-state index contributed by atoms with van der Waals surface area (Å²) in [6, 6.07) is 19.5. The summed E-state index contributed by atoms with van der Waals surface area (Å²) in [6.45, 7) is 0.625. The molecule has 0 N–H and O–H groups in total. The zero-order valence-corrected chi connectivity index (χ0v) is 17.0. The van der Waals surface area contributed by atoms with E-state index >= 15 is 0 Å². The Labute approximate surface area is 171 Å². The smallest absolute Gasteiger partial charge is 0.266 e. The first-order valence-electron chi connectivity index (χ1n) is 9.45. The summed E-state index contributed by atoms with van der Waals surface area (Å²) in [7, 11) is 0.